The molecular formula is C16H15FN4O. The van der Waals surface area contributed by atoms with Gasteiger partial charge in [-0.1, -0.05) is 17.3 Å². The van der Waals surface area contributed by atoms with E-state index in [4.69, 9.17) is 4.52 Å². The summed E-state index contributed by atoms with van der Waals surface area (Å²) in [6, 6.07) is 8.15. The van der Waals surface area contributed by atoms with Crippen LogP contribution in [0.4, 0.5) is 10.3 Å². The van der Waals surface area contributed by atoms with Crippen LogP contribution in [0.5, 0.6) is 0 Å². The van der Waals surface area contributed by atoms with Crippen LogP contribution in [-0.4, -0.2) is 15.1 Å². The minimum atomic E-state index is -0.248. The molecule has 0 bridgehead atoms. The molecule has 1 aromatic carbocycles. The monoisotopic (exact) mass is 298 g/mol. The topological polar surface area (TPSA) is 63.8 Å². The SMILES string of the molecule is Cc1cc(-c2cnc(NCc3ccc(F)cc3)nc2C)on1. The van der Waals surface area contributed by atoms with Gasteiger partial charge >= 0.3 is 0 Å². The number of anilines is 1. The maximum absolute atomic E-state index is 12.9. The molecule has 5 nitrogen and oxygen atoms in total. The highest BCUT2D eigenvalue weighted by atomic mass is 19.1. The summed E-state index contributed by atoms with van der Waals surface area (Å²) in [5.41, 5.74) is 3.38. The predicted octanol–water partition coefficient (Wildman–Crippen LogP) is 3.50. The van der Waals surface area contributed by atoms with E-state index in [1.165, 1.54) is 12.1 Å². The molecule has 1 N–H and O–H groups in total. The van der Waals surface area contributed by atoms with Crippen molar-refractivity contribution in [2.75, 3.05) is 5.32 Å². The summed E-state index contributed by atoms with van der Waals surface area (Å²) in [7, 11) is 0. The normalized spacial score (nSPS) is 10.7. The Kier molecular flexibility index (Phi) is 3.82. The number of halogens is 1. The van der Waals surface area contributed by atoms with E-state index in [0.29, 0.717) is 18.3 Å². The van der Waals surface area contributed by atoms with Crippen LogP contribution in [0.2, 0.25) is 0 Å². The summed E-state index contributed by atoms with van der Waals surface area (Å²) in [4.78, 5) is 8.68. The Morgan fingerprint density at radius 1 is 1.18 bits per heavy atom. The van der Waals surface area contributed by atoms with E-state index in [0.717, 1.165) is 22.5 Å². The second-order valence-corrected chi connectivity index (χ2v) is 5.01. The number of hydrogen-bond donors (Lipinski definition) is 1. The maximum atomic E-state index is 12.9. The molecule has 0 aliphatic heterocycles. The van der Waals surface area contributed by atoms with E-state index in [1.54, 1.807) is 18.3 Å². The second-order valence-electron chi connectivity index (χ2n) is 5.01. The molecule has 112 valence electrons. The Balaban J connectivity index is 1.73. The molecular weight excluding hydrogens is 283 g/mol. The number of aryl methyl sites for hydroxylation is 2. The summed E-state index contributed by atoms with van der Waals surface area (Å²) in [5, 5.41) is 6.98. The fourth-order valence-electron chi connectivity index (χ4n) is 2.07. The molecule has 0 fully saturated rings. The number of nitrogens with zero attached hydrogens (tertiary/aromatic N) is 3. The van der Waals surface area contributed by atoms with Crippen LogP contribution in [-0.2, 0) is 6.54 Å². The Labute approximate surface area is 127 Å². The zero-order chi connectivity index (χ0) is 15.5. The summed E-state index contributed by atoms with van der Waals surface area (Å²) in [6.45, 7) is 4.28. The number of hydrogen-bond acceptors (Lipinski definition) is 5. The van der Waals surface area contributed by atoms with Gasteiger partial charge in [0.05, 0.1) is 17.0 Å². The number of benzene rings is 1. The van der Waals surface area contributed by atoms with E-state index in [2.05, 4.69) is 20.4 Å². The highest BCUT2D eigenvalue weighted by molar-refractivity contribution is 5.59. The van der Waals surface area contributed by atoms with Crippen LogP contribution in [0.15, 0.2) is 41.1 Å². The van der Waals surface area contributed by atoms with E-state index < -0.39 is 0 Å². The van der Waals surface area contributed by atoms with Crippen molar-refractivity contribution in [2.45, 2.75) is 20.4 Å². The van der Waals surface area contributed by atoms with Crippen LogP contribution in [0.1, 0.15) is 17.0 Å². The molecule has 0 aliphatic rings. The third-order valence-corrected chi connectivity index (χ3v) is 3.24. The van der Waals surface area contributed by atoms with Gasteiger partial charge in [0.2, 0.25) is 5.95 Å². The molecule has 0 radical (unpaired) electrons. The standard InChI is InChI=1S/C16H15FN4O/c1-10-7-15(22-21-10)14-9-19-16(20-11(14)2)18-8-12-3-5-13(17)6-4-12/h3-7,9H,8H2,1-2H3,(H,18,19,20). The lowest BCUT2D eigenvalue weighted by Crippen LogP contribution is -2.04. The fourth-order valence-corrected chi connectivity index (χ4v) is 2.07. The molecule has 0 amide bonds. The summed E-state index contributed by atoms with van der Waals surface area (Å²) in [6.07, 6.45) is 1.70. The first-order valence-corrected chi connectivity index (χ1v) is 6.87. The van der Waals surface area contributed by atoms with Crippen molar-refractivity contribution in [3.05, 3.63) is 59.3 Å². The maximum Gasteiger partial charge on any atom is 0.223 e. The van der Waals surface area contributed by atoms with Gasteiger partial charge in [-0.25, -0.2) is 14.4 Å². The van der Waals surface area contributed by atoms with Gasteiger partial charge < -0.3 is 9.84 Å². The van der Waals surface area contributed by atoms with Gasteiger partial charge in [-0.3, -0.25) is 0 Å². The lowest BCUT2D eigenvalue weighted by atomic mass is 10.2. The molecule has 22 heavy (non-hydrogen) atoms. The Morgan fingerprint density at radius 3 is 2.59 bits per heavy atom. The minimum absolute atomic E-state index is 0.248. The van der Waals surface area contributed by atoms with Gasteiger partial charge in [0.1, 0.15) is 5.82 Å². The van der Waals surface area contributed by atoms with E-state index in [9.17, 15) is 4.39 Å². The molecule has 0 aliphatic carbocycles. The molecule has 2 heterocycles. The Hall–Kier alpha value is -2.76. The summed E-state index contributed by atoms with van der Waals surface area (Å²) >= 11 is 0. The second kappa shape index (κ2) is 5.93. The molecule has 0 saturated carbocycles. The van der Waals surface area contributed by atoms with E-state index >= 15 is 0 Å². The zero-order valence-corrected chi connectivity index (χ0v) is 12.3. The minimum Gasteiger partial charge on any atom is -0.356 e. The number of nitrogens with one attached hydrogen (secondary N) is 1. The van der Waals surface area contributed by atoms with Crippen molar-refractivity contribution < 1.29 is 8.91 Å². The quantitative estimate of drug-likeness (QED) is 0.798. The van der Waals surface area contributed by atoms with Gasteiger partial charge in [0.25, 0.3) is 0 Å². The molecule has 0 unspecified atom stereocenters. The predicted molar refractivity (Wildman–Crippen MR) is 80.7 cm³/mol. The van der Waals surface area contributed by atoms with Crippen LogP contribution in [0.25, 0.3) is 11.3 Å². The van der Waals surface area contributed by atoms with Crippen molar-refractivity contribution in [1.82, 2.24) is 15.1 Å². The largest absolute Gasteiger partial charge is 0.356 e. The highest BCUT2D eigenvalue weighted by Gasteiger charge is 2.10. The van der Waals surface area contributed by atoms with Crippen LogP contribution in [0, 0.1) is 19.7 Å². The zero-order valence-electron chi connectivity index (χ0n) is 12.3. The third-order valence-electron chi connectivity index (χ3n) is 3.24. The molecule has 3 rings (SSSR count). The lowest BCUT2D eigenvalue weighted by molar-refractivity contribution is 0.426. The molecule has 3 aromatic rings. The average Bonchev–Trinajstić information content (AvgIpc) is 2.93. The van der Waals surface area contributed by atoms with Gasteiger partial charge in [0.15, 0.2) is 5.76 Å². The van der Waals surface area contributed by atoms with Gasteiger partial charge in [0, 0.05) is 18.8 Å². The first kappa shape index (κ1) is 14.2. The van der Waals surface area contributed by atoms with Crippen molar-refractivity contribution >= 4 is 5.95 Å². The van der Waals surface area contributed by atoms with Crippen molar-refractivity contribution in [1.29, 1.82) is 0 Å². The Bertz CT molecular complexity index is 783. The average molecular weight is 298 g/mol. The van der Waals surface area contributed by atoms with Crippen LogP contribution < -0.4 is 5.32 Å². The van der Waals surface area contributed by atoms with Crippen molar-refractivity contribution in [3.63, 3.8) is 0 Å². The van der Waals surface area contributed by atoms with E-state index in [1.807, 2.05) is 19.9 Å². The highest BCUT2D eigenvalue weighted by Crippen LogP contribution is 2.22. The molecule has 6 heteroatoms. The van der Waals surface area contributed by atoms with Crippen molar-refractivity contribution in [2.24, 2.45) is 0 Å². The third kappa shape index (κ3) is 3.11. The molecule has 0 spiro atoms. The van der Waals surface area contributed by atoms with Gasteiger partial charge in [-0.05, 0) is 31.5 Å². The Morgan fingerprint density at radius 2 is 1.95 bits per heavy atom. The number of aromatic nitrogens is 3. The van der Waals surface area contributed by atoms with E-state index in [-0.39, 0.29) is 5.82 Å². The van der Waals surface area contributed by atoms with Gasteiger partial charge in [-0.15, -0.1) is 0 Å². The summed E-state index contributed by atoms with van der Waals surface area (Å²) in [5.74, 6) is 0.921. The van der Waals surface area contributed by atoms with Crippen LogP contribution >= 0.6 is 0 Å². The fraction of sp³-hybridized carbons (Fsp3) is 0.188. The first-order chi connectivity index (χ1) is 10.6. The molecule has 2 aromatic heterocycles. The summed E-state index contributed by atoms with van der Waals surface area (Å²) < 4.78 is 18.1. The molecule has 0 saturated heterocycles. The van der Waals surface area contributed by atoms with Crippen LogP contribution in [0.3, 0.4) is 0 Å². The smallest absolute Gasteiger partial charge is 0.223 e. The number of rotatable bonds is 4. The van der Waals surface area contributed by atoms with Crippen molar-refractivity contribution in [3.8, 4) is 11.3 Å². The first-order valence-electron chi connectivity index (χ1n) is 6.87. The van der Waals surface area contributed by atoms with Gasteiger partial charge in [-0.2, -0.15) is 0 Å². The lowest BCUT2D eigenvalue weighted by Gasteiger charge is -2.07. The molecule has 0 atom stereocenters.